The van der Waals surface area contributed by atoms with Crippen LogP contribution in [-0.4, -0.2) is 19.6 Å². The molecule has 0 unspecified atom stereocenters. The maximum atomic E-state index is 4.78. The summed E-state index contributed by atoms with van der Waals surface area (Å²) >= 11 is 3.48. The highest BCUT2D eigenvalue weighted by Crippen LogP contribution is 2.26. The van der Waals surface area contributed by atoms with Crippen molar-refractivity contribution in [1.82, 2.24) is 19.6 Å². The molecule has 0 aliphatic carbocycles. The molecule has 0 atom stereocenters. The predicted molar refractivity (Wildman–Crippen MR) is 86.4 cm³/mol. The van der Waals surface area contributed by atoms with Crippen molar-refractivity contribution in [2.75, 3.05) is 0 Å². The van der Waals surface area contributed by atoms with Crippen LogP contribution in [0.1, 0.15) is 5.82 Å². The molecule has 5 heteroatoms. The lowest BCUT2D eigenvalue weighted by molar-refractivity contribution is 1.01. The van der Waals surface area contributed by atoms with Crippen molar-refractivity contribution in [3.63, 3.8) is 0 Å². The third kappa shape index (κ3) is 1.93. The van der Waals surface area contributed by atoms with Crippen LogP contribution >= 0.6 is 15.9 Å². The summed E-state index contributed by atoms with van der Waals surface area (Å²) in [6, 6.07) is 18.1. The first-order valence-electron chi connectivity index (χ1n) is 6.62. The lowest BCUT2D eigenvalue weighted by atomic mass is 10.1. The van der Waals surface area contributed by atoms with E-state index in [-0.39, 0.29) is 0 Å². The van der Waals surface area contributed by atoms with Crippen molar-refractivity contribution in [3.8, 4) is 11.3 Å². The van der Waals surface area contributed by atoms with Crippen LogP contribution < -0.4 is 0 Å². The lowest BCUT2D eigenvalue weighted by Crippen LogP contribution is -1.98. The van der Waals surface area contributed by atoms with Gasteiger partial charge in [0, 0.05) is 5.56 Å². The molecule has 0 fully saturated rings. The highest BCUT2D eigenvalue weighted by molar-refractivity contribution is 9.08. The average Bonchev–Trinajstić information content (AvgIpc) is 2.99. The summed E-state index contributed by atoms with van der Waals surface area (Å²) in [6.07, 6.45) is 0. The predicted octanol–water partition coefficient (Wildman–Crippen LogP) is 3.84. The van der Waals surface area contributed by atoms with Crippen molar-refractivity contribution in [3.05, 3.63) is 60.4 Å². The number of hydrogen-bond acceptors (Lipinski definition) is 3. The van der Waals surface area contributed by atoms with Gasteiger partial charge in [-0.2, -0.15) is 0 Å². The highest BCUT2D eigenvalue weighted by atomic mass is 79.9. The minimum atomic E-state index is 0.649. The van der Waals surface area contributed by atoms with Crippen LogP contribution in [0.4, 0.5) is 0 Å². The molecule has 4 rings (SSSR count). The molecule has 2 heterocycles. The Morgan fingerprint density at radius 2 is 1.67 bits per heavy atom. The Morgan fingerprint density at radius 1 is 0.905 bits per heavy atom. The fourth-order valence-electron chi connectivity index (χ4n) is 2.52. The van der Waals surface area contributed by atoms with Gasteiger partial charge in [-0.05, 0) is 12.1 Å². The minimum Gasteiger partial charge on any atom is -0.275 e. The Hall–Kier alpha value is -2.27. The molecule has 21 heavy (non-hydrogen) atoms. The van der Waals surface area contributed by atoms with Crippen LogP contribution in [0, 0.1) is 0 Å². The smallest absolute Gasteiger partial charge is 0.187 e. The van der Waals surface area contributed by atoms with Crippen molar-refractivity contribution in [1.29, 1.82) is 0 Å². The van der Waals surface area contributed by atoms with Gasteiger partial charge < -0.3 is 0 Å². The van der Waals surface area contributed by atoms with Gasteiger partial charge in [0.2, 0.25) is 0 Å². The zero-order valence-electron chi connectivity index (χ0n) is 11.1. The van der Waals surface area contributed by atoms with Gasteiger partial charge in [0.15, 0.2) is 5.65 Å². The van der Waals surface area contributed by atoms with E-state index in [0.717, 1.165) is 33.8 Å². The maximum absolute atomic E-state index is 4.78. The second-order valence-electron chi connectivity index (χ2n) is 4.72. The first kappa shape index (κ1) is 12.5. The number of fused-ring (bicyclic) bond motifs is 3. The van der Waals surface area contributed by atoms with Crippen molar-refractivity contribution >= 4 is 32.6 Å². The third-order valence-corrected chi connectivity index (χ3v) is 3.97. The number of nitrogens with zero attached hydrogens (tertiary/aromatic N) is 4. The molecule has 0 bridgehead atoms. The van der Waals surface area contributed by atoms with Gasteiger partial charge in [-0.15, -0.1) is 10.2 Å². The van der Waals surface area contributed by atoms with Gasteiger partial charge in [-0.1, -0.05) is 58.4 Å². The molecule has 102 valence electrons. The summed E-state index contributed by atoms with van der Waals surface area (Å²) in [6.45, 7) is 0. The first-order valence-corrected chi connectivity index (χ1v) is 7.75. The lowest BCUT2D eigenvalue weighted by Gasteiger charge is -2.07. The Bertz CT molecular complexity index is 931. The van der Waals surface area contributed by atoms with Gasteiger partial charge in [0.1, 0.15) is 11.5 Å². The van der Waals surface area contributed by atoms with E-state index in [1.54, 1.807) is 0 Å². The molecule has 0 saturated carbocycles. The standard InChI is InChI=1S/C16H11BrN4/c17-10-14-19-20-16-15(11-6-2-1-3-7-11)18-12-8-4-5-9-13(12)21(14)16/h1-9H,10H2. The molecule has 2 aromatic heterocycles. The molecule has 0 aliphatic heterocycles. The Morgan fingerprint density at radius 3 is 2.48 bits per heavy atom. The van der Waals surface area contributed by atoms with Gasteiger partial charge in [-0.3, -0.25) is 4.40 Å². The van der Waals surface area contributed by atoms with Gasteiger partial charge in [0.25, 0.3) is 0 Å². The van der Waals surface area contributed by atoms with Crippen LogP contribution in [0.5, 0.6) is 0 Å². The summed E-state index contributed by atoms with van der Waals surface area (Å²) in [5.41, 5.74) is 4.64. The fraction of sp³-hybridized carbons (Fsp3) is 0.0625. The summed E-state index contributed by atoms with van der Waals surface area (Å²) in [4.78, 5) is 4.78. The molecule has 2 aromatic carbocycles. The van der Waals surface area contributed by atoms with E-state index in [9.17, 15) is 0 Å². The van der Waals surface area contributed by atoms with Crippen molar-refractivity contribution < 1.29 is 0 Å². The largest absolute Gasteiger partial charge is 0.275 e. The Balaban J connectivity index is 2.18. The molecule has 0 spiro atoms. The molecule has 4 aromatic rings. The zero-order valence-corrected chi connectivity index (χ0v) is 12.7. The molecule has 0 N–H and O–H groups in total. The Labute approximate surface area is 129 Å². The number of aromatic nitrogens is 4. The average molecular weight is 339 g/mol. The van der Waals surface area contributed by atoms with Gasteiger partial charge in [-0.25, -0.2) is 4.98 Å². The molecule has 4 nitrogen and oxygen atoms in total. The van der Waals surface area contributed by atoms with E-state index in [1.807, 2.05) is 54.6 Å². The topological polar surface area (TPSA) is 43.1 Å². The molecule has 0 amide bonds. The van der Waals surface area contributed by atoms with E-state index >= 15 is 0 Å². The molecular formula is C16H11BrN4. The normalized spacial score (nSPS) is 11.3. The summed E-state index contributed by atoms with van der Waals surface area (Å²) < 4.78 is 2.07. The van der Waals surface area contributed by atoms with Crippen LogP contribution in [-0.2, 0) is 5.33 Å². The molecule has 0 radical (unpaired) electrons. The quantitative estimate of drug-likeness (QED) is 0.521. The van der Waals surface area contributed by atoms with E-state index in [2.05, 4.69) is 30.5 Å². The van der Waals surface area contributed by atoms with Crippen LogP contribution in [0.15, 0.2) is 54.6 Å². The summed E-state index contributed by atoms with van der Waals surface area (Å²) in [7, 11) is 0. The second-order valence-corrected chi connectivity index (χ2v) is 5.28. The zero-order chi connectivity index (χ0) is 14.2. The molecule has 0 saturated heterocycles. The van der Waals surface area contributed by atoms with Crippen LogP contribution in [0.25, 0.3) is 27.9 Å². The fourth-order valence-corrected chi connectivity index (χ4v) is 2.88. The number of rotatable bonds is 2. The number of benzene rings is 2. The van der Waals surface area contributed by atoms with E-state index in [1.165, 1.54) is 0 Å². The number of para-hydroxylation sites is 2. The monoisotopic (exact) mass is 338 g/mol. The highest BCUT2D eigenvalue weighted by Gasteiger charge is 2.15. The first-order chi connectivity index (χ1) is 10.4. The van der Waals surface area contributed by atoms with Gasteiger partial charge in [0.05, 0.1) is 16.4 Å². The molecular weight excluding hydrogens is 328 g/mol. The van der Waals surface area contributed by atoms with E-state index < -0.39 is 0 Å². The minimum absolute atomic E-state index is 0.649. The van der Waals surface area contributed by atoms with Crippen LogP contribution in [0.2, 0.25) is 0 Å². The molecule has 0 aliphatic rings. The SMILES string of the molecule is BrCc1nnc2c(-c3ccccc3)nc3ccccc3n12. The van der Waals surface area contributed by atoms with E-state index in [4.69, 9.17) is 4.98 Å². The van der Waals surface area contributed by atoms with Crippen molar-refractivity contribution in [2.45, 2.75) is 5.33 Å². The maximum Gasteiger partial charge on any atom is 0.187 e. The number of halogens is 1. The number of hydrogen-bond donors (Lipinski definition) is 0. The summed E-state index contributed by atoms with van der Waals surface area (Å²) in [5.74, 6) is 0.876. The van der Waals surface area contributed by atoms with Gasteiger partial charge >= 0.3 is 0 Å². The van der Waals surface area contributed by atoms with Crippen LogP contribution in [0.3, 0.4) is 0 Å². The third-order valence-electron chi connectivity index (χ3n) is 3.46. The van der Waals surface area contributed by atoms with Crippen molar-refractivity contribution in [2.24, 2.45) is 0 Å². The Kier molecular flexibility index (Phi) is 2.93. The number of alkyl halides is 1. The summed E-state index contributed by atoms with van der Waals surface area (Å²) in [5, 5.41) is 9.26. The second kappa shape index (κ2) is 4.93. The van der Waals surface area contributed by atoms with E-state index in [0.29, 0.717) is 5.33 Å².